The second-order valence-corrected chi connectivity index (χ2v) is 6.67. The molecule has 3 aromatic rings. The summed E-state index contributed by atoms with van der Waals surface area (Å²) < 4.78 is 1.21. The summed E-state index contributed by atoms with van der Waals surface area (Å²) in [6, 6.07) is 14.1. The number of hydrazone groups is 1. The number of benzene rings is 1. The predicted octanol–water partition coefficient (Wildman–Crippen LogP) is 4.65. The van der Waals surface area contributed by atoms with Crippen LogP contribution in [0.1, 0.15) is 12.6 Å². The molecule has 0 aliphatic heterocycles. The van der Waals surface area contributed by atoms with Crippen molar-refractivity contribution >= 4 is 44.8 Å². The SMILES string of the molecule is C/C(=N\Nc1nc(-c2ccc(I)cc2)cs1)c1ccccn1. The number of rotatable bonds is 4. The van der Waals surface area contributed by atoms with E-state index in [0.29, 0.717) is 0 Å². The topological polar surface area (TPSA) is 50.2 Å². The van der Waals surface area contributed by atoms with Crippen LogP contribution in [0.2, 0.25) is 0 Å². The van der Waals surface area contributed by atoms with Crippen molar-refractivity contribution in [3.05, 3.63) is 63.3 Å². The van der Waals surface area contributed by atoms with Gasteiger partial charge in [0.1, 0.15) is 0 Å². The maximum atomic E-state index is 4.55. The molecule has 0 unspecified atom stereocenters. The van der Waals surface area contributed by atoms with Gasteiger partial charge in [-0.25, -0.2) is 4.98 Å². The smallest absolute Gasteiger partial charge is 0.203 e. The lowest BCUT2D eigenvalue weighted by Gasteiger charge is -2.00. The van der Waals surface area contributed by atoms with E-state index in [0.717, 1.165) is 27.8 Å². The Morgan fingerprint density at radius 3 is 2.73 bits per heavy atom. The molecule has 2 heterocycles. The number of nitrogens with one attached hydrogen (secondary N) is 1. The lowest BCUT2D eigenvalue weighted by atomic mass is 10.2. The Bertz CT molecular complexity index is 781. The van der Waals surface area contributed by atoms with Crippen LogP contribution in [0, 0.1) is 3.57 Å². The van der Waals surface area contributed by atoms with Crippen molar-refractivity contribution in [1.29, 1.82) is 0 Å². The highest BCUT2D eigenvalue weighted by atomic mass is 127. The number of thiazole rings is 1. The minimum atomic E-state index is 0.767. The molecule has 0 aliphatic rings. The molecule has 0 spiro atoms. The number of hydrogen-bond acceptors (Lipinski definition) is 5. The fraction of sp³-hybridized carbons (Fsp3) is 0.0625. The zero-order valence-corrected chi connectivity index (χ0v) is 14.8. The summed E-state index contributed by atoms with van der Waals surface area (Å²) in [4.78, 5) is 8.82. The number of anilines is 1. The van der Waals surface area contributed by atoms with E-state index in [2.05, 4.69) is 67.4 Å². The maximum Gasteiger partial charge on any atom is 0.203 e. The van der Waals surface area contributed by atoms with Crippen molar-refractivity contribution in [3.63, 3.8) is 0 Å². The van der Waals surface area contributed by atoms with Crippen molar-refractivity contribution in [2.45, 2.75) is 6.92 Å². The molecule has 0 saturated heterocycles. The van der Waals surface area contributed by atoms with Crippen LogP contribution >= 0.6 is 33.9 Å². The Labute approximate surface area is 146 Å². The Kier molecular flexibility index (Phi) is 4.79. The Morgan fingerprint density at radius 1 is 1.18 bits per heavy atom. The third-order valence-electron chi connectivity index (χ3n) is 3.00. The molecule has 22 heavy (non-hydrogen) atoms. The third kappa shape index (κ3) is 3.69. The summed E-state index contributed by atoms with van der Waals surface area (Å²) in [7, 11) is 0. The third-order valence-corrected chi connectivity index (χ3v) is 4.47. The van der Waals surface area contributed by atoms with E-state index in [1.165, 1.54) is 14.9 Å². The number of halogens is 1. The van der Waals surface area contributed by atoms with Gasteiger partial charge in [-0.05, 0) is 53.8 Å². The molecule has 3 rings (SSSR count). The fourth-order valence-corrected chi connectivity index (χ4v) is 2.87. The molecule has 110 valence electrons. The van der Waals surface area contributed by atoms with Crippen molar-refractivity contribution in [2.24, 2.45) is 5.10 Å². The van der Waals surface area contributed by atoms with Crippen LogP contribution in [-0.2, 0) is 0 Å². The second-order valence-electron chi connectivity index (χ2n) is 4.57. The van der Waals surface area contributed by atoms with E-state index < -0.39 is 0 Å². The van der Waals surface area contributed by atoms with Gasteiger partial charge in [-0.2, -0.15) is 5.10 Å². The van der Waals surface area contributed by atoms with Gasteiger partial charge in [-0.1, -0.05) is 18.2 Å². The molecule has 6 heteroatoms. The minimum absolute atomic E-state index is 0.767. The fourth-order valence-electron chi connectivity index (χ4n) is 1.84. The molecule has 0 fully saturated rings. The van der Waals surface area contributed by atoms with Gasteiger partial charge in [-0.15, -0.1) is 11.3 Å². The Morgan fingerprint density at radius 2 is 2.00 bits per heavy atom. The highest BCUT2D eigenvalue weighted by Crippen LogP contribution is 2.25. The summed E-state index contributed by atoms with van der Waals surface area (Å²) in [5.41, 5.74) is 6.74. The molecular formula is C16H13IN4S. The summed E-state index contributed by atoms with van der Waals surface area (Å²) >= 11 is 3.83. The molecule has 0 radical (unpaired) electrons. The molecule has 2 aromatic heterocycles. The highest BCUT2D eigenvalue weighted by Gasteiger charge is 2.04. The first-order valence-corrected chi connectivity index (χ1v) is 8.61. The van der Waals surface area contributed by atoms with Crippen LogP contribution in [0.15, 0.2) is 59.1 Å². The summed E-state index contributed by atoms with van der Waals surface area (Å²) in [6.45, 7) is 1.92. The van der Waals surface area contributed by atoms with Gasteiger partial charge in [0.2, 0.25) is 5.13 Å². The van der Waals surface area contributed by atoms with E-state index in [-0.39, 0.29) is 0 Å². The van der Waals surface area contributed by atoms with E-state index in [1.54, 1.807) is 6.20 Å². The number of hydrogen-bond donors (Lipinski definition) is 1. The largest absolute Gasteiger partial charge is 0.255 e. The molecule has 4 nitrogen and oxygen atoms in total. The van der Waals surface area contributed by atoms with Crippen molar-refractivity contribution in [2.75, 3.05) is 5.43 Å². The zero-order valence-electron chi connectivity index (χ0n) is 11.8. The van der Waals surface area contributed by atoms with Gasteiger partial charge in [0.05, 0.1) is 17.1 Å². The van der Waals surface area contributed by atoms with Gasteiger partial charge >= 0.3 is 0 Å². The van der Waals surface area contributed by atoms with Gasteiger partial charge < -0.3 is 0 Å². The van der Waals surface area contributed by atoms with Crippen LogP contribution in [0.25, 0.3) is 11.3 Å². The Balaban J connectivity index is 1.73. The summed E-state index contributed by atoms with van der Waals surface area (Å²) in [6.07, 6.45) is 1.76. The molecule has 0 atom stereocenters. The second kappa shape index (κ2) is 6.97. The molecule has 0 bridgehead atoms. The number of pyridine rings is 1. The molecule has 1 N–H and O–H groups in total. The van der Waals surface area contributed by atoms with Crippen molar-refractivity contribution in [3.8, 4) is 11.3 Å². The van der Waals surface area contributed by atoms with Crippen molar-refractivity contribution < 1.29 is 0 Å². The lowest BCUT2D eigenvalue weighted by molar-refractivity contribution is 1.23. The van der Waals surface area contributed by atoms with Gasteiger partial charge in [0.15, 0.2) is 0 Å². The maximum absolute atomic E-state index is 4.55. The lowest BCUT2D eigenvalue weighted by Crippen LogP contribution is -2.01. The quantitative estimate of drug-likeness (QED) is 0.380. The van der Waals surface area contributed by atoms with E-state index in [1.807, 2.05) is 30.5 Å². The van der Waals surface area contributed by atoms with Gasteiger partial charge in [0.25, 0.3) is 0 Å². The van der Waals surface area contributed by atoms with Crippen LogP contribution in [-0.4, -0.2) is 15.7 Å². The average molecular weight is 420 g/mol. The summed E-state index contributed by atoms with van der Waals surface area (Å²) in [5, 5.41) is 7.13. The minimum Gasteiger partial charge on any atom is -0.255 e. The van der Waals surface area contributed by atoms with E-state index >= 15 is 0 Å². The predicted molar refractivity (Wildman–Crippen MR) is 100 cm³/mol. The monoisotopic (exact) mass is 420 g/mol. The highest BCUT2D eigenvalue weighted by molar-refractivity contribution is 14.1. The van der Waals surface area contributed by atoms with Gasteiger partial charge in [0, 0.05) is 20.7 Å². The first-order chi connectivity index (χ1) is 10.7. The molecule has 1 aromatic carbocycles. The van der Waals surface area contributed by atoms with E-state index in [4.69, 9.17) is 0 Å². The normalized spacial score (nSPS) is 11.5. The zero-order chi connectivity index (χ0) is 15.4. The number of nitrogens with zero attached hydrogens (tertiary/aromatic N) is 3. The molecule has 0 saturated carbocycles. The van der Waals surface area contributed by atoms with Crippen LogP contribution in [0.4, 0.5) is 5.13 Å². The van der Waals surface area contributed by atoms with Gasteiger partial charge in [-0.3, -0.25) is 10.4 Å². The standard InChI is InChI=1S/C16H13IN4S/c1-11(14-4-2-3-9-18-14)20-21-16-19-15(10-22-16)12-5-7-13(17)8-6-12/h2-10H,1H3,(H,19,21)/b20-11+. The van der Waals surface area contributed by atoms with Crippen molar-refractivity contribution in [1.82, 2.24) is 9.97 Å². The first kappa shape index (κ1) is 15.1. The van der Waals surface area contributed by atoms with Crippen LogP contribution < -0.4 is 5.43 Å². The van der Waals surface area contributed by atoms with Crippen LogP contribution in [0.3, 0.4) is 0 Å². The average Bonchev–Trinajstić information content (AvgIpc) is 3.03. The molecule has 0 aliphatic carbocycles. The van der Waals surface area contributed by atoms with E-state index in [9.17, 15) is 0 Å². The number of aromatic nitrogens is 2. The molecular weight excluding hydrogens is 407 g/mol. The first-order valence-electron chi connectivity index (χ1n) is 6.65. The Hall–Kier alpha value is -1.80. The summed E-state index contributed by atoms with van der Waals surface area (Å²) in [5.74, 6) is 0. The van der Waals surface area contributed by atoms with Crippen LogP contribution in [0.5, 0.6) is 0 Å². The molecule has 0 amide bonds.